The molecule has 0 aromatic heterocycles. The predicted octanol–water partition coefficient (Wildman–Crippen LogP) is 2.89. The van der Waals surface area contributed by atoms with E-state index in [1.807, 2.05) is 0 Å². The van der Waals surface area contributed by atoms with Crippen LogP contribution in [0.5, 0.6) is 0 Å². The molecule has 0 radical (unpaired) electrons. The van der Waals surface area contributed by atoms with Gasteiger partial charge < -0.3 is 5.11 Å². The fourth-order valence-corrected chi connectivity index (χ4v) is 1.26. The molecule has 0 saturated carbocycles. The van der Waals surface area contributed by atoms with E-state index in [0.717, 1.165) is 25.7 Å². The third kappa shape index (κ3) is 4.60. The van der Waals surface area contributed by atoms with Crippen LogP contribution in [0.25, 0.3) is 0 Å². The van der Waals surface area contributed by atoms with Gasteiger partial charge in [0.2, 0.25) is 0 Å². The highest BCUT2D eigenvalue weighted by Gasteiger charge is 2.20. The van der Waals surface area contributed by atoms with Crippen molar-refractivity contribution in [1.29, 1.82) is 0 Å². The van der Waals surface area contributed by atoms with Gasteiger partial charge in [-0.15, -0.1) is 11.6 Å². The van der Waals surface area contributed by atoms with Gasteiger partial charge in [-0.25, -0.2) is 0 Å². The molecule has 0 unspecified atom stereocenters. The smallest absolute Gasteiger partial charge is 0.307 e. The molecule has 0 aliphatic heterocycles. The molecule has 0 spiro atoms. The van der Waals surface area contributed by atoms with Gasteiger partial charge in [0.1, 0.15) is 0 Å². The maximum Gasteiger partial charge on any atom is 0.307 e. The number of aliphatic carboxylic acids is 1. The van der Waals surface area contributed by atoms with Crippen LogP contribution in [0, 0.1) is 5.92 Å². The summed E-state index contributed by atoms with van der Waals surface area (Å²) in [6, 6.07) is 0. The molecule has 2 atom stereocenters. The number of halogens is 1. The van der Waals surface area contributed by atoms with E-state index in [4.69, 9.17) is 16.7 Å². The molecule has 3 heteroatoms. The summed E-state index contributed by atoms with van der Waals surface area (Å²) in [4.78, 5) is 10.5. The number of carboxylic acids is 1. The summed E-state index contributed by atoms with van der Waals surface area (Å²) in [7, 11) is 0. The minimum atomic E-state index is -0.800. The van der Waals surface area contributed by atoms with E-state index in [9.17, 15) is 4.79 Å². The van der Waals surface area contributed by atoms with E-state index in [1.165, 1.54) is 0 Å². The average Bonchev–Trinajstić information content (AvgIpc) is 2.03. The Balaban J connectivity index is 3.56. The number of unbranched alkanes of at least 4 members (excludes halogenated alkanes) is 2. The lowest BCUT2D eigenvalue weighted by molar-refractivity contribution is -0.141. The average molecular weight is 193 g/mol. The summed E-state index contributed by atoms with van der Waals surface area (Å²) in [5.74, 6) is -1.23. The molecule has 0 aromatic carbocycles. The highest BCUT2D eigenvalue weighted by molar-refractivity contribution is 6.21. The lowest BCUT2D eigenvalue weighted by Crippen LogP contribution is -2.20. The molecule has 0 fully saturated rings. The zero-order chi connectivity index (χ0) is 9.56. The first-order chi connectivity index (χ1) is 5.59. The van der Waals surface area contributed by atoms with Crippen molar-refractivity contribution in [2.75, 3.05) is 0 Å². The van der Waals surface area contributed by atoms with E-state index in [-0.39, 0.29) is 5.38 Å². The molecule has 1 N–H and O–H groups in total. The standard InChI is InChI=1S/C9H17ClO2/c1-3-4-5-6-8(10)7(2)9(11)12/h7-8H,3-6H2,1-2H3,(H,11,12)/t7-,8-/m1/s1. The first-order valence-electron chi connectivity index (χ1n) is 4.46. The Morgan fingerprint density at radius 2 is 2.08 bits per heavy atom. The van der Waals surface area contributed by atoms with Crippen molar-refractivity contribution in [3.8, 4) is 0 Å². The van der Waals surface area contributed by atoms with Crippen LogP contribution in [0.1, 0.15) is 39.5 Å². The summed E-state index contributed by atoms with van der Waals surface area (Å²) >= 11 is 5.88. The van der Waals surface area contributed by atoms with E-state index >= 15 is 0 Å². The number of hydrogen-bond acceptors (Lipinski definition) is 1. The van der Waals surface area contributed by atoms with Crippen molar-refractivity contribution in [3.63, 3.8) is 0 Å². The fourth-order valence-electron chi connectivity index (χ4n) is 0.994. The molecule has 0 bridgehead atoms. The van der Waals surface area contributed by atoms with Crippen LogP contribution in [-0.2, 0) is 4.79 Å². The van der Waals surface area contributed by atoms with Gasteiger partial charge in [-0.05, 0) is 6.42 Å². The molecule has 0 rings (SSSR count). The second-order valence-electron chi connectivity index (χ2n) is 3.14. The molecule has 2 nitrogen and oxygen atoms in total. The van der Waals surface area contributed by atoms with Crippen LogP contribution in [0.15, 0.2) is 0 Å². The number of rotatable bonds is 6. The number of hydrogen-bond donors (Lipinski definition) is 1. The maximum absolute atomic E-state index is 10.5. The number of carbonyl (C=O) groups is 1. The summed E-state index contributed by atoms with van der Waals surface area (Å²) in [5, 5.41) is 8.41. The Labute approximate surface area is 78.9 Å². The van der Waals surface area contributed by atoms with Gasteiger partial charge >= 0.3 is 5.97 Å². The quantitative estimate of drug-likeness (QED) is 0.519. The highest BCUT2D eigenvalue weighted by Crippen LogP contribution is 2.17. The van der Waals surface area contributed by atoms with E-state index < -0.39 is 11.9 Å². The molecule has 0 aromatic rings. The molecule has 0 aliphatic rings. The summed E-state index contributed by atoms with van der Waals surface area (Å²) < 4.78 is 0. The molecule has 0 saturated heterocycles. The Morgan fingerprint density at radius 1 is 1.50 bits per heavy atom. The van der Waals surface area contributed by atoms with E-state index in [0.29, 0.717) is 0 Å². The molecule has 12 heavy (non-hydrogen) atoms. The molecule has 72 valence electrons. The van der Waals surface area contributed by atoms with Gasteiger partial charge in [0.05, 0.1) is 5.92 Å². The van der Waals surface area contributed by atoms with E-state index in [2.05, 4.69) is 6.92 Å². The van der Waals surface area contributed by atoms with Crippen LogP contribution in [0.3, 0.4) is 0 Å². The number of carboxylic acid groups (broad SMARTS) is 1. The lowest BCUT2D eigenvalue weighted by Gasteiger charge is -2.12. The van der Waals surface area contributed by atoms with Crippen LogP contribution in [0.2, 0.25) is 0 Å². The predicted molar refractivity (Wildman–Crippen MR) is 50.6 cm³/mol. The second kappa shape index (κ2) is 6.30. The number of alkyl halides is 1. The van der Waals surface area contributed by atoms with Crippen molar-refractivity contribution in [1.82, 2.24) is 0 Å². The van der Waals surface area contributed by atoms with Crippen molar-refractivity contribution in [2.45, 2.75) is 44.9 Å². The normalized spacial score (nSPS) is 15.6. The van der Waals surface area contributed by atoms with Crippen LogP contribution in [-0.4, -0.2) is 16.5 Å². The van der Waals surface area contributed by atoms with Gasteiger partial charge in [-0.2, -0.15) is 0 Å². The van der Waals surface area contributed by atoms with Crippen LogP contribution >= 0.6 is 11.6 Å². The minimum absolute atomic E-state index is 0.214. The van der Waals surface area contributed by atoms with Gasteiger partial charge in [-0.3, -0.25) is 4.79 Å². The zero-order valence-electron chi connectivity index (χ0n) is 7.72. The summed E-state index contributed by atoms with van der Waals surface area (Å²) in [5.41, 5.74) is 0. The van der Waals surface area contributed by atoms with E-state index in [1.54, 1.807) is 6.92 Å². The first kappa shape index (κ1) is 11.8. The summed E-state index contributed by atoms with van der Waals surface area (Å²) in [6.07, 6.45) is 4.12. The third-order valence-corrected chi connectivity index (χ3v) is 2.61. The first-order valence-corrected chi connectivity index (χ1v) is 4.90. The Hall–Kier alpha value is -0.240. The van der Waals surface area contributed by atoms with Crippen LogP contribution in [0.4, 0.5) is 0 Å². The van der Waals surface area contributed by atoms with Gasteiger partial charge in [0.15, 0.2) is 0 Å². The Bertz CT molecular complexity index is 136. The zero-order valence-corrected chi connectivity index (χ0v) is 8.47. The van der Waals surface area contributed by atoms with Crippen LogP contribution < -0.4 is 0 Å². The largest absolute Gasteiger partial charge is 0.481 e. The second-order valence-corrected chi connectivity index (χ2v) is 3.70. The summed E-state index contributed by atoms with van der Waals surface area (Å²) in [6.45, 7) is 3.77. The van der Waals surface area contributed by atoms with Gasteiger partial charge in [-0.1, -0.05) is 33.1 Å². The lowest BCUT2D eigenvalue weighted by atomic mass is 10.0. The Kier molecular flexibility index (Phi) is 6.17. The monoisotopic (exact) mass is 192 g/mol. The molecular weight excluding hydrogens is 176 g/mol. The molecular formula is C9H17ClO2. The van der Waals surface area contributed by atoms with Gasteiger partial charge in [0, 0.05) is 5.38 Å². The maximum atomic E-state index is 10.5. The topological polar surface area (TPSA) is 37.3 Å². The molecule has 0 aliphatic carbocycles. The molecule has 0 amide bonds. The van der Waals surface area contributed by atoms with Crippen molar-refractivity contribution < 1.29 is 9.90 Å². The van der Waals surface area contributed by atoms with Crippen molar-refractivity contribution in [2.24, 2.45) is 5.92 Å². The third-order valence-electron chi connectivity index (χ3n) is 2.02. The molecule has 0 heterocycles. The fraction of sp³-hybridized carbons (Fsp3) is 0.889. The van der Waals surface area contributed by atoms with Crippen molar-refractivity contribution in [3.05, 3.63) is 0 Å². The van der Waals surface area contributed by atoms with Crippen molar-refractivity contribution >= 4 is 17.6 Å². The minimum Gasteiger partial charge on any atom is -0.481 e. The van der Waals surface area contributed by atoms with Gasteiger partial charge in [0.25, 0.3) is 0 Å². The highest BCUT2D eigenvalue weighted by atomic mass is 35.5. The Morgan fingerprint density at radius 3 is 2.50 bits per heavy atom. The SMILES string of the molecule is CCCCC[C@@H](Cl)[C@@H](C)C(=O)O.